The molecule has 8 aromatic carbocycles. The second-order valence-corrected chi connectivity index (χ2v) is 14.2. The number of aryl methyl sites for hydroxylation is 1. The van der Waals surface area contributed by atoms with Gasteiger partial charge in [-0.2, -0.15) is 0 Å². The van der Waals surface area contributed by atoms with Crippen molar-refractivity contribution in [2.75, 3.05) is 4.81 Å². The maximum Gasteiger partial charge on any atom is 0.329 e. The van der Waals surface area contributed by atoms with Gasteiger partial charge in [-0.1, -0.05) is 133 Å². The Morgan fingerprint density at radius 3 is 1.58 bits per heavy atom. The summed E-state index contributed by atoms with van der Waals surface area (Å²) in [6, 6.07) is 67.4. The molecule has 11 rings (SSSR count). The summed E-state index contributed by atoms with van der Waals surface area (Å²) in [4.78, 5) is 2.59. The summed E-state index contributed by atoms with van der Waals surface area (Å²) in [7, 11) is 0. The molecule has 9 aromatic rings. The van der Waals surface area contributed by atoms with E-state index in [9.17, 15) is 0 Å². The Kier molecular flexibility index (Phi) is 6.29. The molecule has 52 heavy (non-hydrogen) atoms. The molecule has 0 atom stereocenters. The zero-order valence-electron chi connectivity index (χ0n) is 28.8. The van der Waals surface area contributed by atoms with E-state index >= 15 is 0 Å². The molecular weight excluding hydrogens is 627 g/mol. The summed E-state index contributed by atoms with van der Waals surface area (Å²) >= 11 is 0. The van der Waals surface area contributed by atoms with Crippen LogP contribution in [0.25, 0.3) is 72.0 Å². The number of nitrogens with zero attached hydrogens (tertiary/aromatic N) is 2. The van der Waals surface area contributed by atoms with Crippen LogP contribution < -0.4 is 15.7 Å². The van der Waals surface area contributed by atoms with Crippen molar-refractivity contribution in [3.8, 4) is 50.2 Å². The highest BCUT2D eigenvalue weighted by Gasteiger charge is 2.42. The summed E-state index contributed by atoms with van der Waals surface area (Å²) < 4.78 is 2.46. The van der Waals surface area contributed by atoms with Gasteiger partial charge in [0.05, 0.1) is 11.0 Å². The number of hydrogen-bond donors (Lipinski definition) is 0. The van der Waals surface area contributed by atoms with Crippen LogP contribution in [-0.2, 0) is 0 Å². The Morgan fingerprint density at radius 1 is 0.385 bits per heavy atom. The van der Waals surface area contributed by atoms with Crippen LogP contribution in [0.4, 0.5) is 11.4 Å². The SMILES string of the molecule is Cc1ccc2c(c1)c1cc(-c3ccccc3)ccc1n2-c1ccc2c(c1)-c1ccccc1B1c3ccccc3-c3cc(-c4ccccc4)ccc3N12. The fourth-order valence-corrected chi connectivity index (χ4v) is 8.90. The van der Waals surface area contributed by atoms with Gasteiger partial charge in [0.25, 0.3) is 0 Å². The molecule has 2 aliphatic rings. The average molecular weight is 661 g/mol. The zero-order chi connectivity index (χ0) is 34.3. The van der Waals surface area contributed by atoms with Gasteiger partial charge in [-0.15, -0.1) is 0 Å². The largest absolute Gasteiger partial charge is 0.376 e. The molecule has 0 spiro atoms. The van der Waals surface area contributed by atoms with Crippen molar-refractivity contribution in [2.45, 2.75) is 6.92 Å². The van der Waals surface area contributed by atoms with Gasteiger partial charge in [-0.05, 0) is 106 Å². The monoisotopic (exact) mass is 660 g/mol. The van der Waals surface area contributed by atoms with Crippen molar-refractivity contribution < 1.29 is 0 Å². The van der Waals surface area contributed by atoms with E-state index in [1.54, 1.807) is 0 Å². The van der Waals surface area contributed by atoms with Crippen LogP contribution >= 0.6 is 0 Å². The summed E-state index contributed by atoms with van der Waals surface area (Å²) in [5, 5.41) is 2.55. The Morgan fingerprint density at radius 2 is 0.904 bits per heavy atom. The number of rotatable bonds is 3. The smallest absolute Gasteiger partial charge is 0.329 e. The Hall–Kier alpha value is -6.58. The van der Waals surface area contributed by atoms with Gasteiger partial charge in [0.15, 0.2) is 0 Å². The molecule has 2 nitrogen and oxygen atoms in total. The third kappa shape index (κ3) is 4.26. The van der Waals surface area contributed by atoms with Crippen molar-refractivity contribution in [3.63, 3.8) is 0 Å². The van der Waals surface area contributed by atoms with Crippen LogP contribution in [0, 0.1) is 6.92 Å². The van der Waals surface area contributed by atoms with E-state index in [1.807, 2.05) is 0 Å². The molecule has 0 radical (unpaired) electrons. The first kappa shape index (κ1) is 29.2. The van der Waals surface area contributed by atoms with Crippen LogP contribution in [0.1, 0.15) is 5.56 Å². The molecule has 0 saturated heterocycles. The highest BCUT2D eigenvalue weighted by atomic mass is 15.1. The van der Waals surface area contributed by atoms with Crippen molar-refractivity contribution in [1.29, 1.82) is 0 Å². The molecule has 0 fully saturated rings. The van der Waals surface area contributed by atoms with Gasteiger partial charge in [0.2, 0.25) is 0 Å². The molecule has 0 unspecified atom stereocenters. The highest BCUT2D eigenvalue weighted by molar-refractivity contribution is 6.92. The third-order valence-corrected chi connectivity index (χ3v) is 11.2. The van der Waals surface area contributed by atoms with E-state index in [2.05, 4.69) is 198 Å². The van der Waals surface area contributed by atoms with E-state index in [4.69, 9.17) is 0 Å². The fourth-order valence-electron chi connectivity index (χ4n) is 8.90. The van der Waals surface area contributed by atoms with Gasteiger partial charge in [-0.25, -0.2) is 0 Å². The number of benzene rings is 8. The summed E-state index contributed by atoms with van der Waals surface area (Å²) in [6.45, 7) is 2.27. The van der Waals surface area contributed by atoms with Gasteiger partial charge in [0.1, 0.15) is 0 Å². The molecule has 0 amide bonds. The minimum Gasteiger partial charge on any atom is -0.376 e. The molecule has 0 bridgehead atoms. The van der Waals surface area contributed by atoms with Crippen molar-refractivity contribution >= 4 is 51.0 Å². The van der Waals surface area contributed by atoms with E-state index in [0.717, 1.165) is 0 Å². The van der Waals surface area contributed by atoms with E-state index in [-0.39, 0.29) is 6.85 Å². The van der Waals surface area contributed by atoms with Crippen LogP contribution in [0.5, 0.6) is 0 Å². The molecule has 0 aliphatic carbocycles. The van der Waals surface area contributed by atoms with Crippen LogP contribution in [-0.4, -0.2) is 11.4 Å². The third-order valence-electron chi connectivity index (χ3n) is 11.2. The summed E-state index contributed by atoms with van der Waals surface area (Å²) in [5.41, 5.74) is 20.1. The van der Waals surface area contributed by atoms with Crippen molar-refractivity contribution in [1.82, 2.24) is 4.57 Å². The standard InChI is InChI=1S/C49H33BN2/c1-32-20-24-46-40(28-32)42-30-35(33-12-4-2-5-13-33)21-25-47(42)51(46)37-23-27-49-43(31-37)39-17-9-11-19-45(39)50-44-18-10-8-16-38(44)41-29-36(22-26-48(41)52(49)50)34-14-6-3-7-15-34/h2-31H,1H3. The first-order valence-corrected chi connectivity index (χ1v) is 18.1. The van der Waals surface area contributed by atoms with Crippen LogP contribution in [0.3, 0.4) is 0 Å². The van der Waals surface area contributed by atoms with E-state index < -0.39 is 0 Å². The normalized spacial score (nSPS) is 12.6. The number of fused-ring (bicyclic) bond motifs is 14. The van der Waals surface area contributed by atoms with E-state index in [1.165, 1.54) is 99.9 Å². The van der Waals surface area contributed by atoms with E-state index in [0.29, 0.717) is 0 Å². The number of hydrogen-bond acceptors (Lipinski definition) is 1. The second kappa shape index (κ2) is 11.2. The predicted molar refractivity (Wildman–Crippen MR) is 221 cm³/mol. The predicted octanol–water partition coefficient (Wildman–Crippen LogP) is 11.3. The number of aromatic nitrogens is 1. The molecule has 0 saturated carbocycles. The Balaban J connectivity index is 1.14. The lowest BCUT2D eigenvalue weighted by molar-refractivity contribution is 1.18. The Bertz CT molecular complexity index is 2870. The molecule has 242 valence electrons. The van der Waals surface area contributed by atoms with Gasteiger partial charge >= 0.3 is 6.85 Å². The highest BCUT2D eigenvalue weighted by Crippen LogP contribution is 2.48. The molecular formula is C49H33BN2. The average Bonchev–Trinajstić information content (AvgIpc) is 3.53. The topological polar surface area (TPSA) is 8.17 Å². The van der Waals surface area contributed by atoms with Gasteiger partial charge in [-0.3, -0.25) is 0 Å². The minimum atomic E-state index is 0.0773. The second-order valence-electron chi connectivity index (χ2n) is 14.2. The molecule has 3 heteroatoms. The zero-order valence-corrected chi connectivity index (χ0v) is 28.8. The first-order valence-electron chi connectivity index (χ1n) is 18.1. The quantitative estimate of drug-likeness (QED) is 0.171. The lowest BCUT2D eigenvalue weighted by Gasteiger charge is -2.43. The maximum atomic E-state index is 2.59. The summed E-state index contributed by atoms with van der Waals surface area (Å²) in [5.74, 6) is 0. The van der Waals surface area contributed by atoms with Crippen molar-refractivity contribution in [3.05, 3.63) is 188 Å². The molecule has 0 N–H and O–H groups in total. The maximum absolute atomic E-state index is 2.59. The lowest BCUT2D eigenvalue weighted by Crippen LogP contribution is -2.59. The van der Waals surface area contributed by atoms with Crippen molar-refractivity contribution in [2.24, 2.45) is 0 Å². The van der Waals surface area contributed by atoms with Crippen LogP contribution in [0.2, 0.25) is 0 Å². The molecule has 1 aromatic heterocycles. The first-order chi connectivity index (χ1) is 25.7. The van der Waals surface area contributed by atoms with Crippen LogP contribution in [0.15, 0.2) is 182 Å². The molecule has 2 aliphatic heterocycles. The van der Waals surface area contributed by atoms with Gasteiger partial charge < -0.3 is 9.38 Å². The Labute approximate surface area is 304 Å². The fraction of sp³-hybridized carbons (Fsp3) is 0.0204. The summed E-state index contributed by atoms with van der Waals surface area (Å²) in [6.07, 6.45) is 0. The molecule has 3 heterocycles. The number of anilines is 2. The minimum absolute atomic E-state index is 0.0773. The van der Waals surface area contributed by atoms with Gasteiger partial charge in [0, 0.05) is 39.0 Å². The lowest BCUT2D eigenvalue weighted by atomic mass is 9.43.